The van der Waals surface area contributed by atoms with Crippen LogP contribution in [0.5, 0.6) is 0 Å². The lowest BCUT2D eigenvalue weighted by Crippen LogP contribution is -2.50. The first kappa shape index (κ1) is 22.1. The number of halogens is 1. The second-order valence-electron chi connectivity index (χ2n) is 7.60. The van der Waals surface area contributed by atoms with E-state index in [1.807, 2.05) is 43.3 Å². The maximum atomic E-state index is 12.3. The summed E-state index contributed by atoms with van der Waals surface area (Å²) >= 11 is 5.86. The molecule has 7 nitrogen and oxygen atoms in total. The minimum absolute atomic E-state index is 0.0264. The van der Waals surface area contributed by atoms with Gasteiger partial charge in [-0.25, -0.2) is 0 Å². The first-order valence-corrected chi connectivity index (χ1v) is 10.3. The maximum absolute atomic E-state index is 12.3. The van der Waals surface area contributed by atoms with Crippen molar-refractivity contribution in [1.29, 1.82) is 0 Å². The van der Waals surface area contributed by atoms with E-state index in [9.17, 15) is 9.59 Å². The van der Waals surface area contributed by atoms with Crippen molar-refractivity contribution >= 4 is 40.5 Å². The Balaban J connectivity index is 1.38. The van der Waals surface area contributed by atoms with Crippen molar-refractivity contribution < 1.29 is 9.59 Å². The van der Waals surface area contributed by atoms with Crippen LogP contribution in [-0.2, 0) is 9.59 Å². The minimum Gasteiger partial charge on any atom is -0.378 e. The number of carbonyl (C=O) groups is 2. The topological polar surface area (TPSA) is 67.9 Å². The van der Waals surface area contributed by atoms with Crippen LogP contribution in [0.4, 0.5) is 17.1 Å². The van der Waals surface area contributed by atoms with Gasteiger partial charge in [-0.3, -0.25) is 19.4 Å². The summed E-state index contributed by atoms with van der Waals surface area (Å²) in [5.74, 6) is -0.0776. The molecule has 1 fully saturated rings. The highest BCUT2D eigenvalue weighted by Gasteiger charge is 2.20. The zero-order chi connectivity index (χ0) is 21.5. The normalized spacial score (nSPS) is 14.9. The van der Waals surface area contributed by atoms with Gasteiger partial charge < -0.3 is 15.5 Å². The van der Waals surface area contributed by atoms with Gasteiger partial charge in [0.05, 0.1) is 13.1 Å². The Labute approximate surface area is 182 Å². The zero-order valence-corrected chi connectivity index (χ0v) is 18.2. The molecule has 0 unspecified atom stereocenters. The fourth-order valence-corrected chi connectivity index (χ4v) is 3.41. The van der Waals surface area contributed by atoms with Gasteiger partial charge in [0.1, 0.15) is 0 Å². The highest BCUT2D eigenvalue weighted by atomic mass is 35.5. The Morgan fingerprint density at radius 2 is 1.20 bits per heavy atom. The Morgan fingerprint density at radius 1 is 0.800 bits per heavy atom. The van der Waals surface area contributed by atoms with E-state index in [1.54, 1.807) is 24.3 Å². The van der Waals surface area contributed by atoms with E-state index in [-0.39, 0.29) is 11.8 Å². The Kier molecular flexibility index (Phi) is 7.68. The molecule has 0 aromatic heterocycles. The molecular formula is C22H28ClN5O2. The van der Waals surface area contributed by atoms with Gasteiger partial charge in [-0.2, -0.15) is 0 Å². The average Bonchev–Trinajstić information content (AvgIpc) is 2.71. The number of carbonyl (C=O) groups excluding carboxylic acids is 2. The monoisotopic (exact) mass is 429 g/mol. The second-order valence-corrected chi connectivity index (χ2v) is 8.03. The summed E-state index contributed by atoms with van der Waals surface area (Å²) in [6, 6.07) is 14.8. The number of piperazine rings is 1. The van der Waals surface area contributed by atoms with E-state index in [1.165, 1.54) is 0 Å². The van der Waals surface area contributed by atoms with Crippen molar-refractivity contribution in [2.24, 2.45) is 0 Å². The Morgan fingerprint density at radius 3 is 1.60 bits per heavy atom. The van der Waals surface area contributed by atoms with Gasteiger partial charge in [0, 0.05) is 62.4 Å². The SMILES string of the molecule is CN(C)c1ccc(NC(=O)CN2CCN(CC(=O)Nc3ccc(Cl)cc3)CC2)cc1. The average molecular weight is 430 g/mol. The number of rotatable bonds is 7. The molecule has 160 valence electrons. The predicted octanol–water partition coefficient (Wildman–Crippen LogP) is 2.60. The lowest BCUT2D eigenvalue weighted by molar-refractivity contribution is -0.120. The van der Waals surface area contributed by atoms with Crippen LogP contribution in [0.1, 0.15) is 0 Å². The summed E-state index contributed by atoms with van der Waals surface area (Å²) in [6.45, 7) is 3.68. The molecule has 0 spiro atoms. The van der Waals surface area contributed by atoms with E-state index in [0.29, 0.717) is 18.1 Å². The van der Waals surface area contributed by atoms with E-state index < -0.39 is 0 Å². The molecule has 2 amide bonds. The van der Waals surface area contributed by atoms with Crippen LogP contribution in [0, 0.1) is 0 Å². The molecule has 8 heteroatoms. The van der Waals surface area contributed by atoms with Crippen LogP contribution < -0.4 is 15.5 Å². The van der Waals surface area contributed by atoms with Crippen LogP contribution in [0.3, 0.4) is 0 Å². The van der Waals surface area contributed by atoms with E-state index >= 15 is 0 Å². The summed E-state index contributed by atoms with van der Waals surface area (Å²) < 4.78 is 0. The van der Waals surface area contributed by atoms with E-state index in [4.69, 9.17) is 11.6 Å². The number of anilines is 3. The molecule has 2 aromatic rings. The van der Waals surface area contributed by atoms with Crippen LogP contribution in [0.15, 0.2) is 48.5 Å². The van der Waals surface area contributed by atoms with Gasteiger partial charge in [-0.1, -0.05) is 11.6 Å². The van der Waals surface area contributed by atoms with E-state index in [0.717, 1.165) is 43.2 Å². The van der Waals surface area contributed by atoms with Crippen molar-refractivity contribution in [2.75, 3.05) is 68.9 Å². The van der Waals surface area contributed by atoms with Crippen LogP contribution >= 0.6 is 11.6 Å². The molecule has 1 heterocycles. The number of amides is 2. The number of nitrogens with zero attached hydrogens (tertiary/aromatic N) is 3. The minimum atomic E-state index is -0.0512. The summed E-state index contributed by atoms with van der Waals surface area (Å²) in [6.07, 6.45) is 0. The largest absolute Gasteiger partial charge is 0.378 e. The Hall–Kier alpha value is -2.61. The number of benzene rings is 2. The zero-order valence-electron chi connectivity index (χ0n) is 17.4. The van der Waals surface area contributed by atoms with Gasteiger partial charge in [0.25, 0.3) is 0 Å². The summed E-state index contributed by atoms with van der Waals surface area (Å²) in [5, 5.41) is 6.46. The van der Waals surface area contributed by atoms with E-state index in [2.05, 4.69) is 20.4 Å². The lowest BCUT2D eigenvalue weighted by Gasteiger charge is -2.33. The third-order valence-corrected chi connectivity index (χ3v) is 5.25. The molecule has 0 aliphatic carbocycles. The van der Waals surface area contributed by atoms with Gasteiger partial charge in [0.15, 0.2) is 0 Å². The molecule has 2 aromatic carbocycles. The molecule has 3 rings (SSSR count). The van der Waals surface area contributed by atoms with Gasteiger partial charge in [-0.05, 0) is 48.5 Å². The third kappa shape index (κ3) is 6.73. The molecule has 30 heavy (non-hydrogen) atoms. The number of hydrogen-bond donors (Lipinski definition) is 2. The number of hydrogen-bond acceptors (Lipinski definition) is 5. The van der Waals surface area contributed by atoms with Crippen LogP contribution in [0.2, 0.25) is 5.02 Å². The van der Waals surface area contributed by atoms with Crippen molar-refractivity contribution in [3.8, 4) is 0 Å². The van der Waals surface area contributed by atoms with Gasteiger partial charge in [-0.15, -0.1) is 0 Å². The molecule has 2 N–H and O–H groups in total. The highest BCUT2D eigenvalue weighted by molar-refractivity contribution is 6.30. The smallest absolute Gasteiger partial charge is 0.238 e. The summed E-state index contributed by atoms with van der Waals surface area (Å²) in [4.78, 5) is 30.8. The molecule has 1 saturated heterocycles. The molecule has 0 atom stereocenters. The lowest BCUT2D eigenvalue weighted by atomic mass is 10.2. The Bertz CT molecular complexity index is 847. The first-order valence-electron chi connectivity index (χ1n) is 9.96. The van der Waals surface area contributed by atoms with Crippen LogP contribution in [-0.4, -0.2) is 75.0 Å². The third-order valence-electron chi connectivity index (χ3n) is 4.99. The number of nitrogens with one attached hydrogen (secondary N) is 2. The quantitative estimate of drug-likeness (QED) is 0.708. The fraction of sp³-hybridized carbons (Fsp3) is 0.364. The standard InChI is InChI=1S/C22H28ClN5O2/c1-26(2)20-9-7-19(8-10-20)25-22(30)16-28-13-11-27(12-14-28)15-21(29)24-18-5-3-17(23)4-6-18/h3-10H,11-16H2,1-2H3,(H,24,29)(H,25,30). The summed E-state index contributed by atoms with van der Waals surface area (Å²) in [5.41, 5.74) is 2.62. The molecular weight excluding hydrogens is 402 g/mol. The van der Waals surface area contributed by atoms with Gasteiger partial charge >= 0.3 is 0 Å². The molecule has 1 aliphatic heterocycles. The van der Waals surface area contributed by atoms with Crippen LogP contribution in [0.25, 0.3) is 0 Å². The first-order chi connectivity index (χ1) is 14.4. The highest BCUT2D eigenvalue weighted by Crippen LogP contribution is 2.16. The fourth-order valence-electron chi connectivity index (χ4n) is 3.29. The molecule has 1 aliphatic rings. The summed E-state index contributed by atoms with van der Waals surface area (Å²) in [7, 11) is 3.96. The van der Waals surface area contributed by atoms with Gasteiger partial charge in [0.2, 0.25) is 11.8 Å². The second kappa shape index (κ2) is 10.4. The predicted molar refractivity (Wildman–Crippen MR) is 122 cm³/mol. The van der Waals surface area contributed by atoms with Crippen molar-refractivity contribution in [2.45, 2.75) is 0 Å². The van der Waals surface area contributed by atoms with Crippen molar-refractivity contribution in [3.05, 3.63) is 53.6 Å². The molecule has 0 radical (unpaired) electrons. The van der Waals surface area contributed by atoms with Crippen molar-refractivity contribution in [3.63, 3.8) is 0 Å². The molecule has 0 saturated carbocycles. The maximum Gasteiger partial charge on any atom is 0.238 e. The molecule has 0 bridgehead atoms. The van der Waals surface area contributed by atoms with Crippen molar-refractivity contribution in [1.82, 2.24) is 9.80 Å².